The van der Waals surface area contributed by atoms with Gasteiger partial charge < -0.3 is 4.74 Å². The van der Waals surface area contributed by atoms with E-state index in [4.69, 9.17) is 5.26 Å². The first-order chi connectivity index (χ1) is 7.99. The summed E-state index contributed by atoms with van der Waals surface area (Å²) < 4.78 is 30.1. The molecule has 0 aliphatic rings. The normalized spacial score (nSPS) is 10.1. The van der Waals surface area contributed by atoms with Crippen molar-refractivity contribution in [2.24, 2.45) is 0 Å². The summed E-state index contributed by atoms with van der Waals surface area (Å²) in [4.78, 5) is 14.6. The van der Waals surface area contributed by atoms with Gasteiger partial charge in [-0.25, -0.2) is 13.8 Å². The Morgan fingerprint density at radius 2 is 2.35 bits per heavy atom. The fourth-order valence-electron chi connectivity index (χ4n) is 1.16. The van der Waals surface area contributed by atoms with E-state index in [-0.39, 0.29) is 17.7 Å². The highest BCUT2D eigenvalue weighted by Gasteiger charge is 2.19. The molecule has 0 bridgehead atoms. The molecule has 0 saturated carbocycles. The van der Waals surface area contributed by atoms with Crippen molar-refractivity contribution < 1.29 is 18.3 Å². The number of hydrogen-bond donors (Lipinski definition) is 0. The number of carbonyl (C=O) groups excluding carboxylic acids is 1. The van der Waals surface area contributed by atoms with Crippen LogP contribution in [0.3, 0.4) is 0 Å². The molecule has 0 aliphatic heterocycles. The highest BCUT2D eigenvalue weighted by molar-refractivity contribution is 14.1. The third kappa shape index (κ3) is 3.33. The van der Waals surface area contributed by atoms with Crippen LogP contribution in [-0.2, 0) is 16.0 Å². The van der Waals surface area contributed by atoms with Gasteiger partial charge in [-0.1, -0.05) is 0 Å². The molecule has 1 aromatic heterocycles. The van der Waals surface area contributed by atoms with E-state index >= 15 is 0 Å². The second-order valence-corrected chi connectivity index (χ2v) is 4.18. The van der Waals surface area contributed by atoms with Crippen molar-refractivity contribution in [2.75, 3.05) is 7.11 Å². The van der Waals surface area contributed by atoms with E-state index in [1.807, 2.05) is 0 Å². The number of aromatic nitrogens is 1. The Labute approximate surface area is 110 Å². The number of carbonyl (C=O) groups is 1. The maximum Gasteiger partial charge on any atom is 0.311 e. The van der Waals surface area contributed by atoms with Crippen molar-refractivity contribution in [1.29, 1.82) is 5.26 Å². The van der Waals surface area contributed by atoms with Gasteiger partial charge in [-0.2, -0.15) is 5.26 Å². The Balaban J connectivity index is 3.21. The van der Waals surface area contributed by atoms with Gasteiger partial charge in [-0.05, 0) is 28.7 Å². The topological polar surface area (TPSA) is 63.0 Å². The molecule has 0 atom stereocenters. The molecule has 4 nitrogen and oxygen atoms in total. The minimum absolute atomic E-state index is 0.158. The molecule has 1 heterocycles. The van der Waals surface area contributed by atoms with E-state index in [0.29, 0.717) is 3.57 Å². The predicted molar refractivity (Wildman–Crippen MR) is 62.3 cm³/mol. The van der Waals surface area contributed by atoms with E-state index in [2.05, 4.69) is 9.72 Å². The summed E-state index contributed by atoms with van der Waals surface area (Å²) in [6.45, 7) is 0. The number of hydrogen-bond acceptors (Lipinski definition) is 4. The lowest BCUT2D eigenvalue weighted by molar-refractivity contribution is -0.139. The number of esters is 1. The van der Waals surface area contributed by atoms with Crippen molar-refractivity contribution in [1.82, 2.24) is 4.98 Å². The molecular weight excluding hydrogens is 345 g/mol. The quantitative estimate of drug-likeness (QED) is 0.618. The van der Waals surface area contributed by atoms with Crippen LogP contribution in [0, 0.1) is 14.9 Å². The summed E-state index contributed by atoms with van der Waals surface area (Å²) in [5, 5.41) is 8.75. The smallest absolute Gasteiger partial charge is 0.311 e. The molecule has 0 amide bonds. The first kappa shape index (κ1) is 13.8. The molecular formula is C10H7F2IN2O2. The lowest BCUT2D eigenvalue weighted by atomic mass is 10.1. The highest BCUT2D eigenvalue weighted by Crippen LogP contribution is 2.25. The first-order valence-corrected chi connectivity index (χ1v) is 5.51. The van der Waals surface area contributed by atoms with E-state index in [0.717, 1.165) is 0 Å². The Bertz CT molecular complexity index is 486. The van der Waals surface area contributed by atoms with Crippen LogP contribution in [0.4, 0.5) is 8.78 Å². The molecule has 17 heavy (non-hydrogen) atoms. The number of ether oxygens (including phenoxy) is 1. The molecule has 90 valence electrons. The average molecular weight is 352 g/mol. The molecule has 0 radical (unpaired) electrons. The zero-order valence-corrected chi connectivity index (χ0v) is 10.9. The molecule has 0 aliphatic carbocycles. The minimum atomic E-state index is -2.85. The summed E-state index contributed by atoms with van der Waals surface area (Å²) in [6, 6.07) is 3.09. The molecule has 1 aromatic rings. The number of pyridine rings is 1. The average Bonchev–Trinajstić information content (AvgIpc) is 2.28. The lowest BCUT2D eigenvalue weighted by Crippen LogP contribution is -2.09. The molecule has 0 N–H and O–H groups in total. The van der Waals surface area contributed by atoms with Crippen LogP contribution >= 0.6 is 22.6 Å². The number of methoxy groups -OCH3 is 1. The number of alkyl halides is 2. The van der Waals surface area contributed by atoms with Crippen molar-refractivity contribution >= 4 is 28.6 Å². The monoisotopic (exact) mass is 352 g/mol. The summed E-state index contributed by atoms with van der Waals surface area (Å²) in [7, 11) is 1.20. The zero-order valence-electron chi connectivity index (χ0n) is 8.71. The number of halogens is 3. The Morgan fingerprint density at radius 3 is 2.82 bits per heavy atom. The SMILES string of the molecule is COC(=O)Cc1cc(I)c(C#N)c(C(F)F)n1. The summed E-state index contributed by atoms with van der Waals surface area (Å²) in [6.07, 6.45) is -3.05. The Kier molecular flexibility index (Phi) is 4.74. The van der Waals surface area contributed by atoms with Crippen LogP contribution in [-0.4, -0.2) is 18.1 Å². The Hall–Kier alpha value is -1.30. The van der Waals surface area contributed by atoms with E-state index in [1.165, 1.54) is 13.2 Å². The van der Waals surface area contributed by atoms with E-state index < -0.39 is 18.1 Å². The molecule has 0 aromatic carbocycles. The molecule has 0 spiro atoms. The Morgan fingerprint density at radius 1 is 1.71 bits per heavy atom. The van der Waals surface area contributed by atoms with Gasteiger partial charge in [0.2, 0.25) is 0 Å². The lowest BCUT2D eigenvalue weighted by Gasteiger charge is -2.07. The number of nitriles is 1. The molecule has 0 saturated heterocycles. The minimum Gasteiger partial charge on any atom is -0.469 e. The summed E-state index contributed by atoms with van der Waals surface area (Å²) >= 11 is 1.76. The number of rotatable bonds is 3. The first-order valence-electron chi connectivity index (χ1n) is 4.44. The van der Waals surface area contributed by atoms with Gasteiger partial charge in [0, 0.05) is 3.57 Å². The van der Waals surface area contributed by atoms with E-state index in [1.54, 1.807) is 28.7 Å². The third-order valence-corrected chi connectivity index (χ3v) is 2.77. The van der Waals surface area contributed by atoms with Gasteiger partial charge in [0.1, 0.15) is 11.8 Å². The number of nitrogens with zero attached hydrogens (tertiary/aromatic N) is 2. The van der Waals surface area contributed by atoms with Gasteiger partial charge in [0.25, 0.3) is 6.43 Å². The van der Waals surface area contributed by atoms with Gasteiger partial charge in [0.15, 0.2) is 0 Å². The maximum atomic E-state index is 12.7. The fraction of sp³-hybridized carbons (Fsp3) is 0.300. The maximum absolute atomic E-state index is 12.7. The molecule has 0 unspecified atom stereocenters. The van der Waals surface area contributed by atoms with Crippen LogP contribution < -0.4 is 0 Å². The van der Waals surface area contributed by atoms with Crippen LogP contribution in [0.2, 0.25) is 0 Å². The zero-order chi connectivity index (χ0) is 13.0. The summed E-state index contributed by atoms with van der Waals surface area (Å²) in [5.74, 6) is -0.571. The second kappa shape index (κ2) is 5.86. The summed E-state index contributed by atoms with van der Waals surface area (Å²) in [5.41, 5.74) is -0.594. The van der Waals surface area contributed by atoms with Crippen molar-refractivity contribution in [3.63, 3.8) is 0 Å². The van der Waals surface area contributed by atoms with Crippen molar-refractivity contribution in [3.05, 3.63) is 26.6 Å². The van der Waals surface area contributed by atoms with Crippen molar-refractivity contribution in [2.45, 2.75) is 12.8 Å². The van der Waals surface area contributed by atoms with Crippen LogP contribution in [0.1, 0.15) is 23.4 Å². The third-order valence-electron chi connectivity index (χ3n) is 1.92. The molecule has 7 heteroatoms. The molecule has 0 fully saturated rings. The van der Waals surface area contributed by atoms with Crippen molar-refractivity contribution in [3.8, 4) is 6.07 Å². The highest BCUT2D eigenvalue weighted by atomic mass is 127. The largest absolute Gasteiger partial charge is 0.469 e. The second-order valence-electron chi connectivity index (χ2n) is 3.02. The standard InChI is InChI=1S/C10H7F2IN2O2/c1-17-8(16)3-5-2-7(13)6(4-14)9(15-5)10(11)12/h2,10H,3H2,1H3. The van der Waals surface area contributed by atoms with E-state index in [9.17, 15) is 13.6 Å². The molecule has 1 rings (SSSR count). The van der Waals surface area contributed by atoms with Gasteiger partial charge in [-0.3, -0.25) is 4.79 Å². The van der Waals surface area contributed by atoms with Crippen LogP contribution in [0.15, 0.2) is 6.07 Å². The van der Waals surface area contributed by atoms with Gasteiger partial charge in [-0.15, -0.1) is 0 Å². The van der Waals surface area contributed by atoms with Gasteiger partial charge in [0.05, 0.1) is 24.8 Å². The van der Waals surface area contributed by atoms with Crippen LogP contribution in [0.25, 0.3) is 0 Å². The predicted octanol–water partition coefficient (Wildman–Crippen LogP) is 2.21. The fourth-order valence-corrected chi connectivity index (χ4v) is 1.92. The van der Waals surface area contributed by atoms with Crippen LogP contribution in [0.5, 0.6) is 0 Å². The van der Waals surface area contributed by atoms with Gasteiger partial charge >= 0.3 is 5.97 Å².